The quantitative estimate of drug-likeness (QED) is 0.854. The number of anilines is 1. The van der Waals surface area contributed by atoms with E-state index in [-0.39, 0.29) is 11.8 Å². The summed E-state index contributed by atoms with van der Waals surface area (Å²) in [7, 11) is 0. The summed E-state index contributed by atoms with van der Waals surface area (Å²) in [4.78, 5) is 12.1. The Morgan fingerprint density at radius 2 is 1.72 bits per heavy atom. The molecule has 2 rings (SSSR count). The molecule has 0 aromatic heterocycles. The van der Waals surface area contributed by atoms with Crippen molar-refractivity contribution < 1.29 is 4.79 Å². The van der Waals surface area contributed by atoms with E-state index in [2.05, 4.69) is 19.2 Å². The molecule has 1 aliphatic rings. The Balaban J connectivity index is 1.85. The zero-order valence-corrected chi connectivity index (χ0v) is 11.4. The Labute approximate surface area is 110 Å². The number of hydrogen-bond acceptors (Lipinski definition) is 1. The van der Waals surface area contributed by atoms with E-state index in [0.717, 1.165) is 30.4 Å². The summed E-state index contributed by atoms with van der Waals surface area (Å²) < 4.78 is 0. The number of rotatable bonds is 3. The highest BCUT2D eigenvalue weighted by Crippen LogP contribution is 2.33. The van der Waals surface area contributed by atoms with Crippen molar-refractivity contribution in [2.75, 3.05) is 5.32 Å². The normalized spacial score (nSPS) is 23.9. The molecule has 0 atom stereocenters. The maximum atomic E-state index is 12.1. The van der Waals surface area contributed by atoms with E-state index >= 15 is 0 Å². The molecule has 0 bridgehead atoms. The van der Waals surface area contributed by atoms with Gasteiger partial charge in [-0.05, 0) is 49.7 Å². The first kappa shape index (κ1) is 13.1. The first-order valence-corrected chi connectivity index (χ1v) is 7.02. The van der Waals surface area contributed by atoms with Gasteiger partial charge in [-0.2, -0.15) is 0 Å². The van der Waals surface area contributed by atoms with Crippen LogP contribution in [-0.2, 0) is 4.79 Å². The largest absolute Gasteiger partial charge is 0.326 e. The van der Waals surface area contributed by atoms with Crippen LogP contribution in [0.2, 0.25) is 0 Å². The minimum atomic E-state index is 0.198. The monoisotopic (exact) mass is 245 g/mol. The molecule has 0 aliphatic heterocycles. The second-order valence-electron chi connectivity index (χ2n) is 5.71. The summed E-state index contributed by atoms with van der Waals surface area (Å²) >= 11 is 0. The third-order valence-corrected chi connectivity index (χ3v) is 4.13. The second-order valence-corrected chi connectivity index (χ2v) is 5.71. The van der Waals surface area contributed by atoms with Crippen LogP contribution in [0, 0.1) is 17.8 Å². The summed E-state index contributed by atoms with van der Waals surface area (Å²) in [6, 6.07) is 9.75. The molecule has 1 N–H and O–H groups in total. The van der Waals surface area contributed by atoms with E-state index in [4.69, 9.17) is 0 Å². The molecule has 1 fully saturated rings. The van der Waals surface area contributed by atoms with Gasteiger partial charge >= 0.3 is 0 Å². The van der Waals surface area contributed by atoms with Crippen molar-refractivity contribution in [3.05, 3.63) is 30.3 Å². The Bertz CT molecular complexity index is 377. The van der Waals surface area contributed by atoms with Crippen LogP contribution in [0.25, 0.3) is 0 Å². The van der Waals surface area contributed by atoms with Crippen molar-refractivity contribution in [1.29, 1.82) is 0 Å². The standard InChI is InChI=1S/C16H23NO/c1-12(2)13-8-10-14(11-9-13)16(18)17-15-6-4-3-5-7-15/h3-7,12-14H,8-11H2,1-2H3,(H,17,18). The molecule has 1 aromatic rings. The number of nitrogens with one attached hydrogen (secondary N) is 1. The lowest BCUT2D eigenvalue weighted by Crippen LogP contribution is -2.28. The predicted octanol–water partition coefficient (Wildman–Crippen LogP) is 4.09. The molecule has 0 heterocycles. The number of para-hydroxylation sites is 1. The maximum Gasteiger partial charge on any atom is 0.227 e. The Hall–Kier alpha value is -1.31. The van der Waals surface area contributed by atoms with Crippen molar-refractivity contribution in [1.82, 2.24) is 0 Å². The van der Waals surface area contributed by atoms with Crippen LogP contribution >= 0.6 is 0 Å². The van der Waals surface area contributed by atoms with Gasteiger partial charge in [0.2, 0.25) is 5.91 Å². The van der Waals surface area contributed by atoms with E-state index in [1.165, 1.54) is 12.8 Å². The van der Waals surface area contributed by atoms with Gasteiger partial charge < -0.3 is 5.32 Å². The minimum absolute atomic E-state index is 0.198. The van der Waals surface area contributed by atoms with Gasteiger partial charge in [0.1, 0.15) is 0 Å². The van der Waals surface area contributed by atoms with Crippen molar-refractivity contribution in [2.24, 2.45) is 17.8 Å². The lowest BCUT2D eigenvalue weighted by molar-refractivity contribution is -0.121. The van der Waals surface area contributed by atoms with Gasteiger partial charge in [-0.25, -0.2) is 0 Å². The third-order valence-electron chi connectivity index (χ3n) is 4.13. The number of carbonyl (C=O) groups excluding carboxylic acids is 1. The van der Waals surface area contributed by atoms with Crippen molar-refractivity contribution in [3.63, 3.8) is 0 Å². The van der Waals surface area contributed by atoms with Crippen molar-refractivity contribution in [3.8, 4) is 0 Å². The number of carbonyl (C=O) groups is 1. The van der Waals surface area contributed by atoms with Crippen molar-refractivity contribution >= 4 is 11.6 Å². The van der Waals surface area contributed by atoms with Crippen LogP contribution in [0.4, 0.5) is 5.69 Å². The van der Waals surface area contributed by atoms with Crippen molar-refractivity contribution in [2.45, 2.75) is 39.5 Å². The number of hydrogen-bond donors (Lipinski definition) is 1. The van der Waals surface area contributed by atoms with Crippen LogP contribution in [0.5, 0.6) is 0 Å². The number of amides is 1. The summed E-state index contributed by atoms with van der Waals surface area (Å²) in [5.41, 5.74) is 0.911. The van der Waals surface area contributed by atoms with Gasteiger partial charge in [-0.3, -0.25) is 4.79 Å². The zero-order valence-electron chi connectivity index (χ0n) is 11.4. The SMILES string of the molecule is CC(C)C1CCC(C(=O)Nc2ccccc2)CC1. The van der Waals surface area contributed by atoms with Crippen LogP contribution < -0.4 is 5.32 Å². The molecule has 1 amide bonds. The molecule has 18 heavy (non-hydrogen) atoms. The van der Waals surface area contributed by atoms with Gasteiger partial charge in [0, 0.05) is 11.6 Å². The Morgan fingerprint density at radius 3 is 2.28 bits per heavy atom. The van der Waals surface area contributed by atoms with E-state index < -0.39 is 0 Å². The molecule has 2 nitrogen and oxygen atoms in total. The van der Waals surface area contributed by atoms with E-state index in [1.54, 1.807) is 0 Å². The molecule has 0 saturated heterocycles. The maximum absolute atomic E-state index is 12.1. The first-order valence-electron chi connectivity index (χ1n) is 7.02. The average Bonchev–Trinajstić information content (AvgIpc) is 2.40. The summed E-state index contributed by atoms with van der Waals surface area (Å²) in [5.74, 6) is 1.97. The van der Waals surface area contributed by atoms with Crippen LogP contribution in [0.3, 0.4) is 0 Å². The van der Waals surface area contributed by atoms with E-state index in [1.807, 2.05) is 30.3 Å². The van der Waals surface area contributed by atoms with Crippen LogP contribution in [0.15, 0.2) is 30.3 Å². The molecule has 0 radical (unpaired) electrons. The summed E-state index contributed by atoms with van der Waals surface area (Å²) in [6.07, 6.45) is 4.48. The Morgan fingerprint density at radius 1 is 1.11 bits per heavy atom. The van der Waals surface area contributed by atoms with Gasteiger partial charge in [-0.1, -0.05) is 32.0 Å². The second kappa shape index (κ2) is 6.03. The zero-order chi connectivity index (χ0) is 13.0. The van der Waals surface area contributed by atoms with Gasteiger partial charge in [-0.15, -0.1) is 0 Å². The van der Waals surface area contributed by atoms with E-state index in [0.29, 0.717) is 0 Å². The smallest absolute Gasteiger partial charge is 0.227 e. The fourth-order valence-electron chi connectivity index (χ4n) is 2.81. The molecular weight excluding hydrogens is 222 g/mol. The molecule has 0 unspecified atom stereocenters. The predicted molar refractivity (Wildman–Crippen MR) is 75.4 cm³/mol. The molecule has 98 valence electrons. The summed E-state index contributed by atoms with van der Waals surface area (Å²) in [6.45, 7) is 4.57. The van der Waals surface area contributed by atoms with Gasteiger partial charge in [0.05, 0.1) is 0 Å². The fraction of sp³-hybridized carbons (Fsp3) is 0.562. The first-order chi connectivity index (χ1) is 8.66. The number of benzene rings is 1. The minimum Gasteiger partial charge on any atom is -0.326 e. The molecule has 0 spiro atoms. The highest BCUT2D eigenvalue weighted by Gasteiger charge is 2.27. The van der Waals surface area contributed by atoms with Gasteiger partial charge in [0.15, 0.2) is 0 Å². The van der Waals surface area contributed by atoms with Crippen LogP contribution in [-0.4, -0.2) is 5.91 Å². The van der Waals surface area contributed by atoms with Crippen LogP contribution in [0.1, 0.15) is 39.5 Å². The third kappa shape index (κ3) is 3.34. The average molecular weight is 245 g/mol. The topological polar surface area (TPSA) is 29.1 Å². The van der Waals surface area contributed by atoms with Gasteiger partial charge in [0.25, 0.3) is 0 Å². The molecule has 1 saturated carbocycles. The lowest BCUT2D eigenvalue weighted by Gasteiger charge is -2.30. The van der Waals surface area contributed by atoms with E-state index in [9.17, 15) is 4.79 Å². The molecule has 1 aliphatic carbocycles. The Kier molecular flexibility index (Phi) is 4.40. The molecule has 2 heteroatoms. The lowest BCUT2D eigenvalue weighted by atomic mass is 9.76. The fourth-order valence-corrected chi connectivity index (χ4v) is 2.81. The summed E-state index contributed by atoms with van der Waals surface area (Å²) in [5, 5.41) is 3.02. The molecular formula is C16H23NO. The highest BCUT2D eigenvalue weighted by molar-refractivity contribution is 5.92. The highest BCUT2D eigenvalue weighted by atomic mass is 16.1. The molecule has 1 aromatic carbocycles.